The molecule has 0 fully saturated rings. The van der Waals surface area contributed by atoms with Crippen LogP contribution in [-0.2, 0) is 31.2 Å². The zero-order valence-electron chi connectivity index (χ0n) is 34.5. The molecule has 0 spiro atoms. The molecule has 0 N–H and O–H groups in total. The molecule has 0 aliphatic heterocycles. The van der Waals surface area contributed by atoms with Gasteiger partial charge in [0.25, 0.3) is 0 Å². The normalized spacial score (nSPS) is 12.4. The van der Waals surface area contributed by atoms with Crippen LogP contribution < -0.4 is 46.7 Å². The Balaban J connectivity index is 1.46. The summed E-state index contributed by atoms with van der Waals surface area (Å²) >= 11 is -8.05. The van der Waals surface area contributed by atoms with Crippen LogP contribution in [0.2, 0.25) is 0 Å². The average molecular weight is 909 g/mol. The molecule has 9 rings (SSSR count). The van der Waals surface area contributed by atoms with E-state index < -0.39 is 38.8 Å². The van der Waals surface area contributed by atoms with Crippen molar-refractivity contribution in [2.45, 2.75) is 0 Å². The standard InChI is InChI=1S/3C18H15OSi.2O.V/c3*19-20(16-10-4-1-5-11-16,17-12-6-2-7-13-17)18-14-8-3-9-15-18;;;/h3*1-15H;;;/q3*-1;;;+3. The number of hydrogen-bond acceptors (Lipinski definition) is 5. The molecule has 0 saturated carbocycles. The summed E-state index contributed by atoms with van der Waals surface area (Å²) in [5.41, 5.74) is 0. The average Bonchev–Trinajstić information content (AvgIpc) is 3.37. The first-order valence-electron chi connectivity index (χ1n) is 21.0. The summed E-state index contributed by atoms with van der Waals surface area (Å²) in [5, 5.41) is 6.43. The van der Waals surface area contributed by atoms with Gasteiger partial charge in [0.05, 0.1) is 0 Å². The summed E-state index contributed by atoms with van der Waals surface area (Å²) in [6.45, 7) is 0. The predicted octanol–water partition coefficient (Wildman–Crippen LogP) is 6.16. The van der Waals surface area contributed by atoms with Crippen molar-refractivity contribution in [3.05, 3.63) is 273 Å². The van der Waals surface area contributed by atoms with Gasteiger partial charge in [-0.2, -0.15) is 0 Å². The second kappa shape index (κ2) is 17.8. The van der Waals surface area contributed by atoms with Crippen molar-refractivity contribution in [1.29, 1.82) is 0 Å². The second-order valence-electron chi connectivity index (χ2n) is 15.4. The first kappa shape index (κ1) is 42.0. The van der Waals surface area contributed by atoms with Gasteiger partial charge in [0.1, 0.15) is 0 Å². The van der Waals surface area contributed by atoms with Crippen LogP contribution in [0.25, 0.3) is 0 Å². The molecule has 0 aromatic heterocycles. The molecule has 5 nitrogen and oxygen atoms in total. The Hall–Kier alpha value is -6.30. The molecule has 0 aliphatic rings. The van der Waals surface area contributed by atoms with Crippen LogP contribution in [-0.4, -0.2) is 25.0 Å². The van der Waals surface area contributed by atoms with Crippen molar-refractivity contribution in [1.82, 2.24) is 0 Å². The van der Waals surface area contributed by atoms with Gasteiger partial charge in [-0.15, -0.1) is 0 Å². The summed E-state index contributed by atoms with van der Waals surface area (Å²) in [5.74, 6) is 0. The van der Waals surface area contributed by atoms with E-state index in [2.05, 4.69) is 0 Å². The topological polar surface area (TPSA) is 61.8 Å². The molecule has 0 heterocycles. The molecule has 0 aliphatic carbocycles. The maximum absolute atomic E-state index is 17.9. The van der Waals surface area contributed by atoms with E-state index in [4.69, 9.17) is 10.1 Å². The SMILES string of the molecule is [O]=[V](=[O])([O][Si](c1ccccc1)(c1ccccc1)c1ccccc1)([O][Si](c1ccccc1)(c1ccccc1)c1ccccc1)[O][Si](c1ccccc1)(c1ccccc1)c1ccccc1. The van der Waals surface area contributed by atoms with Crippen molar-refractivity contribution in [3.63, 3.8) is 0 Å². The van der Waals surface area contributed by atoms with Crippen molar-refractivity contribution < 1.29 is 31.2 Å². The van der Waals surface area contributed by atoms with Gasteiger partial charge in [-0.25, -0.2) is 0 Å². The van der Waals surface area contributed by atoms with Gasteiger partial charge in [0.2, 0.25) is 0 Å². The van der Waals surface area contributed by atoms with E-state index in [0.29, 0.717) is 46.7 Å². The molecular formula is C54H45O5Si3V. The number of benzene rings is 9. The monoisotopic (exact) mass is 908 g/mol. The summed E-state index contributed by atoms with van der Waals surface area (Å²) in [6, 6.07) is 87.4. The Morgan fingerprint density at radius 1 is 0.206 bits per heavy atom. The van der Waals surface area contributed by atoms with Crippen molar-refractivity contribution in [2.75, 3.05) is 0 Å². The molecule has 0 bridgehead atoms. The van der Waals surface area contributed by atoms with Gasteiger partial charge in [0.15, 0.2) is 0 Å². The summed E-state index contributed by atoms with van der Waals surface area (Å²) in [4.78, 5) is 0. The molecule has 0 amide bonds. The van der Waals surface area contributed by atoms with Crippen molar-refractivity contribution in [2.24, 2.45) is 0 Å². The van der Waals surface area contributed by atoms with E-state index in [9.17, 15) is 0 Å². The molecule has 0 saturated heterocycles. The van der Waals surface area contributed by atoms with E-state index in [1.54, 1.807) is 0 Å². The Morgan fingerprint density at radius 3 is 0.429 bits per heavy atom. The van der Waals surface area contributed by atoms with E-state index in [0.717, 1.165) is 0 Å². The Labute approximate surface area is 373 Å². The Kier molecular flexibility index (Phi) is 11.9. The number of rotatable bonds is 15. The van der Waals surface area contributed by atoms with Crippen LogP contribution in [0.3, 0.4) is 0 Å². The fourth-order valence-corrected chi connectivity index (χ4v) is 32.8. The van der Waals surface area contributed by atoms with Crippen LogP contribution >= 0.6 is 0 Å². The molecule has 0 unspecified atom stereocenters. The molecule has 9 aromatic rings. The van der Waals surface area contributed by atoms with Gasteiger partial charge in [-0.1, -0.05) is 0 Å². The third-order valence-electron chi connectivity index (χ3n) is 11.5. The van der Waals surface area contributed by atoms with Crippen molar-refractivity contribution >= 4 is 71.6 Å². The van der Waals surface area contributed by atoms with Crippen molar-refractivity contribution in [3.8, 4) is 0 Å². The zero-order valence-corrected chi connectivity index (χ0v) is 38.9. The maximum atomic E-state index is 17.9. The third kappa shape index (κ3) is 8.11. The van der Waals surface area contributed by atoms with Gasteiger partial charge >= 0.3 is 376 Å². The Morgan fingerprint density at radius 2 is 0.317 bits per heavy atom. The zero-order chi connectivity index (χ0) is 43.1. The van der Waals surface area contributed by atoms with E-state index in [1.165, 1.54) is 0 Å². The van der Waals surface area contributed by atoms with Gasteiger partial charge in [-0.05, 0) is 0 Å². The summed E-state index contributed by atoms with van der Waals surface area (Å²) in [6.07, 6.45) is 0. The third-order valence-corrected chi connectivity index (χ3v) is 31.6. The minimum atomic E-state index is -8.05. The van der Waals surface area contributed by atoms with Crippen LogP contribution in [0.4, 0.5) is 0 Å². The predicted molar refractivity (Wildman–Crippen MR) is 257 cm³/mol. The fourth-order valence-electron chi connectivity index (χ4n) is 8.76. The van der Waals surface area contributed by atoms with Gasteiger partial charge in [0, 0.05) is 0 Å². The van der Waals surface area contributed by atoms with E-state index in [-0.39, 0.29) is 0 Å². The Bertz CT molecular complexity index is 2390. The van der Waals surface area contributed by atoms with Gasteiger partial charge < -0.3 is 0 Å². The second-order valence-corrected chi connectivity index (χ2v) is 30.1. The quantitative estimate of drug-likeness (QED) is 0.0912. The first-order chi connectivity index (χ1) is 30.9. The molecule has 0 radical (unpaired) electrons. The molecule has 0 atom stereocenters. The molecule has 9 heteroatoms. The van der Waals surface area contributed by atoms with Crippen LogP contribution in [0.15, 0.2) is 273 Å². The molecule has 63 heavy (non-hydrogen) atoms. The molecule has 9 aromatic carbocycles. The van der Waals surface area contributed by atoms with Gasteiger partial charge in [-0.3, -0.25) is 0 Å². The molecular weight excluding hydrogens is 864 g/mol. The van der Waals surface area contributed by atoms with Crippen LogP contribution in [0.5, 0.6) is 0 Å². The van der Waals surface area contributed by atoms with E-state index in [1.807, 2.05) is 273 Å². The first-order valence-corrected chi connectivity index (χ1v) is 29.5. The van der Waals surface area contributed by atoms with Crippen LogP contribution in [0.1, 0.15) is 0 Å². The summed E-state index contributed by atoms with van der Waals surface area (Å²) in [7, 11) is -12.6. The van der Waals surface area contributed by atoms with Crippen LogP contribution in [0, 0.1) is 0 Å². The van der Waals surface area contributed by atoms with E-state index >= 15 is 7.35 Å². The molecule has 308 valence electrons. The fraction of sp³-hybridized carbons (Fsp3) is 0. The number of hydrogen-bond donors (Lipinski definition) is 0. The summed E-state index contributed by atoms with van der Waals surface area (Å²) < 4.78 is 58.8. The minimum absolute atomic E-state index is 0.714.